The van der Waals surface area contributed by atoms with E-state index in [9.17, 15) is 9.18 Å². The Morgan fingerprint density at radius 2 is 2.04 bits per heavy atom. The van der Waals surface area contributed by atoms with E-state index < -0.39 is 5.97 Å². The minimum absolute atomic E-state index is 0.231. The average Bonchev–Trinajstić information content (AvgIpc) is 3.08. The van der Waals surface area contributed by atoms with E-state index in [4.69, 9.17) is 5.11 Å². The minimum atomic E-state index is -0.963. The van der Waals surface area contributed by atoms with E-state index in [1.165, 1.54) is 18.2 Å². The Hall–Kier alpha value is -2.89. The zero-order valence-corrected chi connectivity index (χ0v) is 12.3. The van der Waals surface area contributed by atoms with Gasteiger partial charge in [-0.05, 0) is 35.9 Å². The van der Waals surface area contributed by atoms with Crippen LogP contribution in [-0.4, -0.2) is 30.0 Å². The highest BCUT2D eigenvalue weighted by Gasteiger charge is 2.11. The van der Waals surface area contributed by atoms with Gasteiger partial charge in [-0.1, -0.05) is 12.1 Å². The summed E-state index contributed by atoms with van der Waals surface area (Å²) in [7, 11) is 0. The lowest BCUT2D eigenvalue weighted by molar-refractivity contribution is 0.0697. The number of aromatic carboxylic acids is 1. The molecule has 6 heteroatoms. The molecule has 2 aromatic carbocycles. The van der Waals surface area contributed by atoms with Gasteiger partial charge in [-0.2, -0.15) is 0 Å². The Balaban J connectivity index is 1.67. The van der Waals surface area contributed by atoms with E-state index in [1.54, 1.807) is 18.2 Å². The molecule has 0 aliphatic carbocycles. The molecule has 1 aliphatic rings. The number of carboxylic acids is 1. The molecule has 0 fully saturated rings. The first-order chi connectivity index (χ1) is 11.1. The maximum Gasteiger partial charge on any atom is 0.335 e. The lowest BCUT2D eigenvalue weighted by Gasteiger charge is -2.10. The molecule has 0 amide bonds. The van der Waals surface area contributed by atoms with Crippen molar-refractivity contribution in [3.05, 3.63) is 65.0 Å². The number of nitrogens with one attached hydrogen (secondary N) is 2. The predicted octanol–water partition coefficient (Wildman–Crippen LogP) is 2.49. The van der Waals surface area contributed by atoms with Crippen LogP contribution in [0.2, 0.25) is 0 Å². The zero-order valence-electron chi connectivity index (χ0n) is 12.3. The molecule has 0 atom stereocenters. The van der Waals surface area contributed by atoms with Crippen LogP contribution in [0.4, 0.5) is 10.1 Å². The van der Waals surface area contributed by atoms with Gasteiger partial charge in [-0.3, -0.25) is 4.99 Å². The van der Waals surface area contributed by atoms with Crippen molar-refractivity contribution in [1.82, 2.24) is 5.32 Å². The first-order valence-electron chi connectivity index (χ1n) is 7.28. The molecule has 0 aromatic heterocycles. The highest BCUT2D eigenvalue weighted by Crippen LogP contribution is 2.18. The third-order valence-corrected chi connectivity index (χ3v) is 3.60. The summed E-state index contributed by atoms with van der Waals surface area (Å²) < 4.78 is 14.2. The van der Waals surface area contributed by atoms with Gasteiger partial charge in [0.05, 0.1) is 17.8 Å². The molecular formula is C17H16FN3O2. The smallest absolute Gasteiger partial charge is 0.335 e. The molecule has 23 heavy (non-hydrogen) atoms. The molecule has 0 saturated carbocycles. The molecule has 2 aromatic rings. The van der Waals surface area contributed by atoms with Gasteiger partial charge in [-0.15, -0.1) is 0 Å². The number of hydrogen-bond acceptors (Lipinski definition) is 4. The number of hydrogen-bond donors (Lipinski definition) is 3. The van der Waals surface area contributed by atoms with Crippen LogP contribution in [0.1, 0.15) is 21.5 Å². The third kappa shape index (κ3) is 3.48. The summed E-state index contributed by atoms with van der Waals surface area (Å²) in [6.07, 6.45) is 0. The predicted molar refractivity (Wildman–Crippen MR) is 86.5 cm³/mol. The van der Waals surface area contributed by atoms with Crippen LogP contribution >= 0.6 is 0 Å². The van der Waals surface area contributed by atoms with Crippen LogP contribution in [0.5, 0.6) is 0 Å². The van der Waals surface area contributed by atoms with Gasteiger partial charge in [0.15, 0.2) is 0 Å². The lowest BCUT2D eigenvalue weighted by Crippen LogP contribution is -2.19. The Morgan fingerprint density at radius 3 is 2.65 bits per heavy atom. The first-order valence-corrected chi connectivity index (χ1v) is 7.28. The van der Waals surface area contributed by atoms with E-state index in [0.717, 1.165) is 23.5 Å². The van der Waals surface area contributed by atoms with Gasteiger partial charge >= 0.3 is 5.97 Å². The van der Waals surface area contributed by atoms with Gasteiger partial charge in [0.1, 0.15) is 11.7 Å². The summed E-state index contributed by atoms with van der Waals surface area (Å²) in [6.45, 7) is 1.90. The van der Waals surface area contributed by atoms with Gasteiger partial charge in [0.2, 0.25) is 0 Å². The number of benzene rings is 2. The molecular weight excluding hydrogens is 297 g/mol. The molecule has 3 N–H and O–H groups in total. The van der Waals surface area contributed by atoms with Crippen molar-refractivity contribution >= 4 is 17.5 Å². The highest BCUT2D eigenvalue weighted by molar-refractivity contribution is 6.00. The van der Waals surface area contributed by atoms with E-state index in [2.05, 4.69) is 15.6 Å². The summed E-state index contributed by atoms with van der Waals surface area (Å²) in [6, 6.07) is 11.4. The van der Waals surface area contributed by atoms with Crippen LogP contribution in [0.3, 0.4) is 0 Å². The second-order valence-electron chi connectivity index (χ2n) is 5.21. The quantitative estimate of drug-likeness (QED) is 0.793. The Morgan fingerprint density at radius 1 is 1.26 bits per heavy atom. The van der Waals surface area contributed by atoms with Gasteiger partial charge in [-0.25, -0.2) is 9.18 Å². The molecule has 0 bridgehead atoms. The molecule has 0 saturated heterocycles. The summed E-state index contributed by atoms with van der Waals surface area (Å²) in [4.78, 5) is 15.1. The van der Waals surface area contributed by atoms with Crippen LogP contribution < -0.4 is 10.6 Å². The number of nitrogens with zero attached hydrogens (tertiary/aromatic N) is 1. The van der Waals surface area contributed by atoms with E-state index >= 15 is 0 Å². The summed E-state index contributed by atoms with van der Waals surface area (Å²) in [5.41, 5.74) is 2.24. The average molecular weight is 313 g/mol. The van der Waals surface area contributed by atoms with Gasteiger partial charge in [0, 0.05) is 18.7 Å². The number of amidine groups is 1. The SMILES string of the molecule is O=C(O)c1ccc(CNc2ccc(C3=NCCN3)cc2F)cc1. The molecule has 0 unspecified atom stereocenters. The van der Waals surface area contributed by atoms with Crippen molar-refractivity contribution in [1.29, 1.82) is 0 Å². The van der Waals surface area contributed by atoms with E-state index in [-0.39, 0.29) is 11.4 Å². The standard InChI is InChI=1S/C17H16FN3O2/c18-14-9-13(16-19-7-8-20-16)5-6-15(14)21-10-11-1-3-12(4-2-11)17(22)23/h1-6,9,21H,7-8,10H2,(H,19,20)(H,22,23). The summed E-state index contributed by atoms with van der Waals surface area (Å²) >= 11 is 0. The fourth-order valence-electron chi connectivity index (χ4n) is 2.36. The molecule has 118 valence electrons. The number of aliphatic imine (C=N–C) groups is 1. The monoisotopic (exact) mass is 313 g/mol. The fourth-order valence-corrected chi connectivity index (χ4v) is 2.36. The van der Waals surface area contributed by atoms with Gasteiger partial charge < -0.3 is 15.7 Å². The third-order valence-electron chi connectivity index (χ3n) is 3.60. The normalized spacial score (nSPS) is 13.3. The largest absolute Gasteiger partial charge is 0.478 e. The summed E-state index contributed by atoms with van der Waals surface area (Å²) in [5, 5.41) is 15.0. The van der Waals surface area contributed by atoms with Crippen LogP contribution in [0.25, 0.3) is 0 Å². The van der Waals surface area contributed by atoms with Gasteiger partial charge in [0.25, 0.3) is 0 Å². The van der Waals surface area contributed by atoms with Crippen molar-refractivity contribution < 1.29 is 14.3 Å². The summed E-state index contributed by atoms with van der Waals surface area (Å²) in [5.74, 6) is -0.588. The molecule has 1 aliphatic heterocycles. The first kappa shape index (κ1) is 15.0. The van der Waals surface area contributed by atoms with Crippen molar-refractivity contribution in [3.63, 3.8) is 0 Å². The van der Waals surface area contributed by atoms with Crippen LogP contribution in [0, 0.1) is 5.82 Å². The molecule has 5 nitrogen and oxygen atoms in total. The zero-order chi connectivity index (χ0) is 16.2. The highest BCUT2D eigenvalue weighted by atomic mass is 19.1. The van der Waals surface area contributed by atoms with Crippen LogP contribution in [-0.2, 0) is 6.54 Å². The van der Waals surface area contributed by atoms with Crippen molar-refractivity contribution in [2.24, 2.45) is 4.99 Å². The van der Waals surface area contributed by atoms with Crippen molar-refractivity contribution in [2.75, 3.05) is 18.4 Å². The number of carbonyl (C=O) groups is 1. The molecule has 3 rings (SSSR count). The number of anilines is 1. The van der Waals surface area contributed by atoms with Crippen LogP contribution in [0.15, 0.2) is 47.5 Å². The van der Waals surface area contributed by atoms with E-state index in [0.29, 0.717) is 18.8 Å². The Labute approximate surface area is 132 Å². The number of carboxylic acid groups (broad SMARTS) is 1. The fraction of sp³-hybridized carbons (Fsp3) is 0.176. The Kier molecular flexibility index (Phi) is 4.23. The van der Waals surface area contributed by atoms with E-state index in [1.807, 2.05) is 6.07 Å². The molecule has 1 heterocycles. The maximum absolute atomic E-state index is 14.2. The second kappa shape index (κ2) is 6.48. The maximum atomic E-state index is 14.2. The second-order valence-corrected chi connectivity index (χ2v) is 5.21. The number of halogens is 1. The van der Waals surface area contributed by atoms with Crippen molar-refractivity contribution in [2.45, 2.75) is 6.54 Å². The molecule has 0 spiro atoms. The lowest BCUT2D eigenvalue weighted by atomic mass is 10.1. The Bertz CT molecular complexity index is 757. The van der Waals surface area contributed by atoms with Crippen molar-refractivity contribution in [3.8, 4) is 0 Å². The molecule has 0 radical (unpaired) electrons. The number of rotatable bonds is 5. The minimum Gasteiger partial charge on any atom is -0.478 e. The topological polar surface area (TPSA) is 73.7 Å².